The molecule has 0 heterocycles. The minimum atomic E-state index is -3.65. The average molecular weight is 247 g/mol. The fourth-order valence-corrected chi connectivity index (χ4v) is 1.67. The van der Waals surface area contributed by atoms with Crippen LogP contribution in [0.15, 0.2) is 41.3 Å². The van der Waals surface area contributed by atoms with Crippen molar-refractivity contribution in [1.29, 1.82) is 0 Å². The molecule has 0 saturated carbocycles. The Morgan fingerprint density at radius 1 is 1.40 bits per heavy atom. The van der Waals surface area contributed by atoms with E-state index >= 15 is 0 Å². The molecule has 0 aliphatic carbocycles. The third-order valence-electron chi connectivity index (χ3n) is 1.59. The van der Waals surface area contributed by atoms with Crippen molar-refractivity contribution in [2.75, 3.05) is 6.61 Å². The molecule has 0 amide bonds. The van der Waals surface area contributed by atoms with Crippen molar-refractivity contribution in [2.45, 2.75) is 11.8 Å². The number of hydrogen-bond donors (Lipinski definition) is 0. The monoisotopic (exact) mass is 246 g/mol. The predicted molar refractivity (Wildman–Crippen MR) is 59.8 cm³/mol. The lowest BCUT2D eigenvalue weighted by atomic mass is 10.3. The van der Waals surface area contributed by atoms with Crippen LogP contribution in [0.1, 0.15) is 6.92 Å². The van der Waals surface area contributed by atoms with Gasteiger partial charge in [0.1, 0.15) is 12.4 Å². The van der Waals surface area contributed by atoms with Crippen molar-refractivity contribution in [1.82, 2.24) is 0 Å². The summed E-state index contributed by atoms with van der Waals surface area (Å²) in [6.07, 6.45) is 0. The van der Waals surface area contributed by atoms with Crippen molar-refractivity contribution in [3.05, 3.63) is 36.4 Å². The van der Waals surface area contributed by atoms with Crippen LogP contribution in [-0.4, -0.2) is 15.0 Å². The number of hydrogen-bond acceptors (Lipinski definition) is 3. The van der Waals surface area contributed by atoms with Crippen molar-refractivity contribution in [3.63, 3.8) is 0 Å². The molecule has 0 atom stereocenters. The van der Waals surface area contributed by atoms with Gasteiger partial charge in [-0.25, -0.2) is 8.42 Å². The SMILES string of the molecule is C=C(C)COc1ccc(S(=O)(=O)Cl)cc1. The second-order valence-corrected chi connectivity index (χ2v) is 5.72. The first-order valence-corrected chi connectivity index (χ1v) is 6.52. The molecule has 0 aliphatic heterocycles. The quantitative estimate of drug-likeness (QED) is 0.606. The van der Waals surface area contributed by atoms with Crippen molar-refractivity contribution in [3.8, 4) is 5.75 Å². The third kappa shape index (κ3) is 3.93. The first-order chi connectivity index (χ1) is 6.89. The van der Waals surface area contributed by atoms with E-state index in [-0.39, 0.29) is 4.90 Å². The van der Waals surface area contributed by atoms with Crippen LogP contribution in [-0.2, 0) is 9.05 Å². The Balaban J connectivity index is 2.77. The molecule has 0 unspecified atom stereocenters. The molecule has 1 aromatic carbocycles. The van der Waals surface area contributed by atoms with E-state index in [2.05, 4.69) is 6.58 Å². The Kier molecular flexibility index (Phi) is 3.77. The molecule has 0 aromatic heterocycles. The molecule has 5 heteroatoms. The van der Waals surface area contributed by atoms with Gasteiger partial charge in [0.05, 0.1) is 4.90 Å². The highest BCUT2D eigenvalue weighted by molar-refractivity contribution is 8.13. The summed E-state index contributed by atoms with van der Waals surface area (Å²) in [6, 6.07) is 5.91. The van der Waals surface area contributed by atoms with E-state index in [0.717, 1.165) is 5.57 Å². The zero-order valence-corrected chi connectivity index (χ0v) is 9.81. The van der Waals surface area contributed by atoms with E-state index in [4.69, 9.17) is 15.4 Å². The molecular formula is C10H11ClO3S. The Bertz CT molecular complexity index is 448. The number of halogens is 1. The van der Waals surface area contributed by atoms with Gasteiger partial charge in [0.25, 0.3) is 9.05 Å². The van der Waals surface area contributed by atoms with E-state index in [1.165, 1.54) is 12.1 Å². The molecule has 0 radical (unpaired) electrons. The average Bonchev–Trinajstić information content (AvgIpc) is 2.14. The minimum absolute atomic E-state index is 0.0619. The molecule has 0 fully saturated rings. The van der Waals surface area contributed by atoms with Crippen LogP contribution in [0, 0.1) is 0 Å². The molecular weight excluding hydrogens is 236 g/mol. The summed E-state index contributed by atoms with van der Waals surface area (Å²) in [6.45, 7) is 5.94. The third-order valence-corrected chi connectivity index (χ3v) is 2.96. The second-order valence-electron chi connectivity index (χ2n) is 3.16. The summed E-state index contributed by atoms with van der Waals surface area (Å²) >= 11 is 0. The maximum atomic E-state index is 10.9. The predicted octanol–water partition coefficient (Wildman–Crippen LogP) is 2.57. The fraction of sp³-hybridized carbons (Fsp3) is 0.200. The summed E-state index contributed by atoms with van der Waals surface area (Å²) in [5, 5.41) is 0. The first-order valence-electron chi connectivity index (χ1n) is 4.21. The lowest BCUT2D eigenvalue weighted by Crippen LogP contribution is -1.98. The van der Waals surface area contributed by atoms with Crippen LogP contribution in [0.3, 0.4) is 0 Å². The van der Waals surface area contributed by atoms with Gasteiger partial charge in [-0.3, -0.25) is 0 Å². The molecule has 0 saturated heterocycles. The smallest absolute Gasteiger partial charge is 0.261 e. The molecule has 0 aliphatic rings. The lowest BCUT2D eigenvalue weighted by molar-refractivity contribution is 0.352. The summed E-state index contributed by atoms with van der Waals surface area (Å²) in [4.78, 5) is 0.0619. The van der Waals surface area contributed by atoms with E-state index in [1.54, 1.807) is 12.1 Å². The summed E-state index contributed by atoms with van der Waals surface area (Å²) < 4.78 is 27.1. The maximum absolute atomic E-state index is 10.9. The zero-order valence-electron chi connectivity index (χ0n) is 8.23. The Morgan fingerprint density at radius 2 is 1.93 bits per heavy atom. The molecule has 1 rings (SSSR count). The highest BCUT2D eigenvalue weighted by atomic mass is 35.7. The molecule has 0 bridgehead atoms. The first kappa shape index (κ1) is 12.1. The standard InChI is InChI=1S/C10H11ClO3S/c1-8(2)7-14-9-3-5-10(6-4-9)15(11,12)13/h3-6H,1,7H2,2H3. The Hall–Kier alpha value is -1.00. The van der Waals surface area contributed by atoms with Crippen molar-refractivity contribution in [2.24, 2.45) is 0 Å². The number of benzene rings is 1. The zero-order chi connectivity index (χ0) is 11.5. The summed E-state index contributed by atoms with van der Waals surface area (Å²) in [5.74, 6) is 0.585. The van der Waals surface area contributed by atoms with Gasteiger partial charge in [0, 0.05) is 10.7 Å². The van der Waals surface area contributed by atoms with Gasteiger partial charge >= 0.3 is 0 Å². The van der Waals surface area contributed by atoms with Crippen LogP contribution in [0.25, 0.3) is 0 Å². The van der Waals surface area contributed by atoms with Gasteiger partial charge < -0.3 is 4.74 Å². The molecule has 3 nitrogen and oxygen atoms in total. The van der Waals surface area contributed by atoms with Crippen molar-refractivity contribution < 1.29 is 13.2 Å². The normalized spacial score (nSPS) is 11.1. The number of rotatable bonds is 4. The molecule has 1 aromatic rings. The highest BCUT2D eigenvalue weighted by Gasteiger charge is 2.08. The lowest BCUT2D eigenvalue weighted by Gasteiger charge is -2.05. The van der Waals surface area contributed by atoms with Gasteiger partial charge in [-0.2, -0.15) is 0 Å². The molecule has 82 valence electrons. The Labute approximate surface area is 93.7 Å². The largest absolute Gasteiger partial charge is 0.489 e. The van der Waals surface area contributed by atoms with Gasteiger partial charge in [0.15, 0.2) is 0 Å². The minimum Gasteiger partial charge on any atom is -0.489 e. The van der Waals surface area contributed by atoms with Crippen LogP contribution >= 0.6 is 10.7 Å². The van der Waals surface area contributed by atoms with Crippen LogP contribution < -0.4 is 4.74 Å². The van der Waals surface area contributed by atoms with Crippen LogP contribution in [0.5, 0.6) is 5.75 Å². The topological polar surface area (TPSA) is 43.4 Å². The molecule has 0 spiro atoms. The van der Waals surface area contributed by atoms with E-state index < -0.39 is 9.05 Å². The molecule has 15 heavy (non-hydrogen) atoms. The van der Waals surface area contributed by atoms with Gasteiger partial charge in [-0.05, 0) is 36.8 Å². The Morgan fingerprint density at radius 3 is 2.33 bits per heavy atom. The van der Waals surface area contributed by atoms with Gasteiger partial charge in [-0.15, -0.1) is 0 Å². The van der Waals surface area contributed by atoms with Crippen LogP contribution in [0.2, 0.25) is 0 Å². The maximum Gasteiger partial charge on any atom is 0.261 e. The van der Waals surface area contributed by atoms with E-state index in [0.29, 0.717) is 12.4 Å². The van der Waals surface area contributed by atoms with Crippen molar-refractivity contribution >= 4 is 19.7 Å². The summed E-state index contributed by atoms with van der Waals surface area (Å²) in [7, 11) is 1.50. The highest BCUT2D eigenvalue weighted by Crippen LogP contribution is 2.19. The summed E-state index contributed by atoms with van der Waals surface area (Å²) in [5.41, 5.74) is 0.893. The van der Waals surface area contributed by atoms with E-state index in [1.807, 2.05) is 6.92 Å². The van der Waals surface area contributed by atoms with Gasteiger partial charge in [0.2, 0.25) is 0 Å². The fourth-order valence-electron chi connectivity index (χ4n) is 0.905. The second kappa shape index (κ2) is 4.68. The van der Waals surface area contributed by atoms with E-state index in [9.17, 15) is 8.42 Å². The molecule has 0 N–H and O–H groups in total. The van der Waals surface area contributed by atoms with Crippen LogP contribution in [0.4, 0.5) is 0 Å². The van der Waals surface area contributed by atoms with Gasteiger partial charge in [-0.1, -0.05) is 6.58 Å². The number of ether oxygens (including phenoxy) is 1.